The first kappa shape index (κ1) is 19.1. The van der Waals surface area contributed by atoms with Crippen LogP contribution in [0.4, 0.5) is 17.1 Å². The van der Waals surface area contributed by atoms with Crippen LogP contribution in [0.25, 0.3) is 0 Å². The first-order valence-corrected chi connectivity index (χ1v) is 8.77. The average Bonchev–Trinajstić information content (AvgIpc) is 2.70. The van der Waals surface area contributed by atoms with Crippen LogP contribution < -0.4 is 10.6 Å². The lowest BCUT2D eigenvalue weighted by atomic mass is 10.1. The molecule has 6 nitrogen and oxygen atoms in total. The van der Waals surface area contributed by atoms with E-state index in [1.165, 1.54) is 7.11 Å². The lowest BCUT2D eigenvalue weighted by Crippen LogP contribution is -2.14. The molecule has 3 aromatic rings. The smallest absolute Gasteiger partial charge is 0.339 e. The SMILES string of the molecule is COC(=O)c1ccccc1Nc1ccc(C(=O)Nc2ccc(C)cc2C)nc1. The molecule has 0 aliphatic rings. The number of carbonyl (C=O) groups is 2. The Labute approximate surface area is 163 Å². The van der Waals surface area contributed by atoms with Crippen LogP contribution in [-0.2, 0) is 4.74 Å². The monoisotopic (exact) mass is 375 g/mol. The molecule has 2 aromatic carbocycles. The van der Waals surface area contributed by atoms with Gasteiger partial charge >= 0.3 is 5.97 Å². The van der Waals surface area contributed by atoms with Gasteiger partial charge in [0.05, 0.1) is 30.2 Å². The van der Waals surface area contributed by atoms with E-state index in [1.807, 2.05) is 38.1 Å². The van der Waals surface area contributed by atoms with Crippen molar-refractivity contribution < 1.29 is 14.3 Å². The van der Waals surface area contributed by atoms with Crippen LogP contribution in [0.3, 0.4) is 0 Å². The lowest BCUT2D eigenvalue weighted by Gasteiger charge is -2.11. The van der Waals surface area contributed by atoms with Crippen molar-refractivity contribution in [3.05, 3.63) is 83.2 Å². The number of esters is 1. The van der Waals surface area contributed by atoms with E-state index in [9.17, 15) is 9.59 Å². The molecule has 0 radical (unpaired) electrons. The van der Waals surface area contributed by atoms with Gasteiger partial charge in [0, 0.05) is 5.69 Å². The number of methoxy groups -OCH3 is 1. The molecule has 0 saturated carbocycles. The van der Waals surface area contributed by atoms with Crippen LogP contribution in [0.1, 0.15) is 32.0 Å². The number of benzene rings is 2. The van der Waals surface area contributed by atoms with Gasteiger partial charge < -0.3 is 15.4 Å². The second-order valence-electron chi connectivity index (χ2n) is 6.37. The van der Waals surface area contributed by atoms with E-state index in [0.29, 0.717) is 22.6 Å². The maximum absolute atomic E-state index is 12.4. The van der Waals surface area contributed by atoms with Crippen LogP contribution in [0.15, 0.2) is 60.8 Å². The van der Waals surface area contributed by atoms with Crippen LogP contribution >= 0.6 is 0 Å². The fourth-order valence-corrected chi connectivity index (χ4v) is 2.78. The molecule has 142 valence electrons. The molecule has 0 aliphatic carbocycles. The number of hydrogen-bond donors (Lipinski definition) is 2. The van der Waals surface area contributed by atoms with Crippen molar-refractivity contribution in [1.29, 1.82) is 0 Å². The van der Waals surface area contributed by atoms with E-state index in [-0.39, 0.29) is 5.91 Å². The Morgan fingerprint density at radius 1 is 0.964 bits per heavy atom. The predicted octanol–water partition coefficient (Wildman–Crippen LogP) is 4.48. The lowest BCUT2D eigenvalue weighted by molar-refractivity contribution is 0.0601. The number of aromatic nitrogens is 1. The Morgan fingerprint density at radius 2 is 1.75 bits per heavy atom. The van der Waals surface area contributed by atoms with Gasteiger partial charge in [-0.15, -0.1) is 0 Å². The molecule has 3 rings (SSSR count). The summed E-state index contributed by atoms with van der Waals surface area (Å²) in [4.78, 5) is 28.5. The van der Waals surface area contributed by atoms with E-state index in [2.05, 4.69) is 15.6 Å². The molecule has 6 heteroatoms. The molecule has 0 atom stereocenters. The maximum Gasteiger partial charge on any atom is 0.339 e. The summed E-state index contributed by atoms with van der Waals surface area (Å²) in [5, 5.41) is 6.00. The number of rotatable bonds is 5. The molecule has 0 spiro atoms. The number of para-hydroxylation sites is 1. The average molecular weight is 375 g/mol. The summed E-state index contributed by atoms with van der Waals surface area (Å²) in [7, 11) is 1.34. The zero-order valence-electron chi connectivity index (χ0n) is 15.9. The molecule has 0 aliphatic heterocycles. The van der Waals surface area contributed by atoms with E-state index in [4.69, 9.17) is 4.74 Å². The zero-order valence-corrected chi connectivity index (χ0v) is 15.9. The number of carbonyl (C=O) groups excluding carboxylic acids is 2. The van der Waals surface area contributed by atoms with Gasteiger partial charge in [-0.25, -0.2) is 9.78 Å². The Bertz CT molecular complexity index is 1010. The molecule has 28 heavy (non-hydrogen) atoms. The highest BCUT2D eigenvalue weighted by Gasteiger charge is 2.12. The highest BCUT2D eigenvalue weighted by molar-refractivity contribution is 6.03. The van der Waals surface area contributed by atoms with E-state index >= 15 is 0 Å². The third kappa shape index (κ3) is 4.35. The van der Waals surface area contributed by atoms with Crippen LogP contribution in [0.2, 0.25) is 0 Å². The number of amides is 1. The molecule has 0 bridgehead atoms. The maximum atomic E-state index is 12.4. The fourth-order valence-electron chi connectivity index (χ4n) is 2.78. The Hall–Kier alpha value is -3.67. The van der Waals surface area contributed by atoms with Gasteiger partial charge in [0.1, 0.15) is 5.69 Å². The number of anilines is 3. The van der Waals surface area contributed by atoms with Gasteiger partial charge in [-0.1, -0.05) is 29.8 Å². The number of nitrogens with one attached hydrogen (secondary N) is 2. The van der Waals surface area contributed by atoms with Crippen molar-refractivity contribution >= 4 is 28.9 Å². The summed E-state index contributed by atoms with van der Waals surface area (Å²) in [5.74, 6) is -0.714. The topological polar surface area (TPSA) is 80.3 Å². The number of pyridine rings is 1. The standard InChI is InChI=1S/C22H21N3O3/c1-14-8-10-18(15(2)12-14)25-21(26)20-11-9-16(13-23-20)24-19-7-5-4-6-17(19)22(27)28-3/h4-13,24H,1-3H3,(H,25,26). The number of hydrogen-bond acceptors (Lipinski definition) is 5. The van der Waals surface area contributed by atoms with Gasteiger partial charge in [-0.2, -0.15) is 0 Å². The van der Waals surface area contributed by atoms with E-state index in [0.717, 1.165) is 16.8 Å². The van der Waals surface area contributed by atoms with Gasteiger partial charge in [-0.3, -0.25) is 4.79 Å². The third-order valence-electron chi connectivity index (χ3n) is 4.24. The molecule has 1 heterocycles. The minimum atomic E-state index is -0.430. The highest BCUT2D eigenvalue weighted by Crippen LogP contribution is 2.22. The molecule has 1 aromatic heterocycles. The van der Waals surface area contributed by atoms with Crippen LogP contribution in [-0.4, -0.2) is 24.0 Å². The van der Waals surface area contributed by atoms with Gasteiger partial charge in [0.2, 0.25) is 0 Å². The van der Waals surface area contributed by atoms with Crippen molar-refractivity contribution in [2.75, 3.05) is 17.7 Å². The summed E-state index contributed by atoms with van der Waals surface area (Å²) < 4.78 is 4.79. The van der Waals surface area contributed by atoms with Gasteiger partial charge in [-0.05, 0) is 49.7 Å². The molecule has 1 amide bonds. The quantitative estimate of drug-likeness (QED) is 0.643. The van der Waals surface area contributed by atoms with Crippen LogP contribution in [0, 0.1) is 13.8 Å². The first-order valence-electron chi connectivity index (χ1n) is 8.77. The fraction of sp³-hybridized carbons (Fsp3) is 0.136. The van der Waals surface area contributed by atoms with E-state index in [1.54, 1.807) is 36.5 Å². The summed E-state index contributed by atoms with van der Waals surface area (Å²) in [6, 6.07) is 16.2. The third-order valence-corrected chi connectivity index (χ3v) is 4.24. The van der Waals surface area contributed by atoms with Crippen molar-refractivity contribution in [1.82, 2.24) is 4.98 Å². The molecular weight excluding hydrogens is 354 g/mol. The normalized spacial score (nSPS) is 10.2. The molecule has 0 fully saturated rings. The van der Waals surface area contributed by atoms with Crippen molar-refractivity contribution in [2.45, 2.75) is 13.8 Å². The summed E-state index contributed by atoms with van der Waals surface area (Å²) in [6.07, 6.45) is 1.55. The van der Waals surface area contributed by atoms with Crippen molar-refractivity contribution in [3.63, 3.8) is 0 Å². The molecule has 2 N–H and O–H groups in total. The zero-order chi connectivity index (χ0) is 20.1. The highest BCUT2D eigenvalue weighted by atomic mass is 16.5. The molecular formula is C22H21N3O3. The van der Waals surface area contributed by atoms with Crippen molar-refractivity contribution in [3.8, 4) is 0 Å². The number of nitrogens with zero attached hydrogens (tertiary/aromatic N) is 1. The Morgan fingerprint density at radius 3 is 2.43 bits per heavy atom. The van der Waals surface area contributed by atoms with Crippen LogP contribution in [0.5, 0.6) is 0 Å². The first-order chi connectivity index (χ1) is 13.5. The Balaban J connectivity index is 1.73. The Kier molecular flexibility index (Phi) is 5.69. The number of ether oxygens (including phenoxy) is 1. The summed E-state index contributed by atoms with van der Waals surface area (Å²) >= 11 is 0. The second-order valence-corrected chi connectivity index (χ2v) is 6.37. The predicted molar refractivity (Wildman–Crippen MR) is 109 cm³/mol. The van der Waals surface area contributed by atoms with Crippen molar-refractivity contribution in [2.24, 2.45) is 0 Å². The van der Waals surface area contributed by atoms with Gasteiger partial charge in [0.15, 0.2) is 0 Å². The summed E-state index contributed by atoms with van der Waals surface area (Å²) in [5.41, 5.74) is 4.85. The van der Waals surface area contributed by atoms with Gasteiger partial charge in [0.25, 0.3) is 5.91 Å². The minimum absolute atomic E-state index is 0.284. The molecule has 0 unspecified atom stereocenters. The second kappa shape index (κ2) is 8.35. The van der Waals surface area contributed by atoms with E-state index < -0.39 is 5.97 Å². The minimum Gasteiger partial charge on any atom is -0.465 e. The largest absolute Gasteiger partial charge is 0.465 e. The summed E-state index contributed by atoms with van der Waals surface area (Å²) in [6.45, 7) is 3.95. The molecule has 0 saturated heterocycles. The number of aryl methyl sites for hydroxylation is 2.